The van der Waals surface area contributed by atoms with Gasteiger partial charge in [0.1, 0.15) is 0 Å². The minimum atomic E-state index is 0. The average Bonchev–Trinajstić information content (AvgIpc) is 2.98. The number of nitrogens with one attached hydrogen (secondary N) is 1. The Morgan fingerprint density at radius 3 is 2.77 bits per heavy atom. The fourth-order valence-electron chi connectivity index (χ4n) is 3.29. The quantitative estimate of drug-likeness (QED) is 0.835. The molecule has 0 aromatic rings. The predicted octanol–water partition coefficient (Wildman–Crippen LogP) is 1.80. The van der Waals surface area contributed by atoms with Crippen LogP contribution >= 0.6 is 12.4 Å². The first-order valence-corrected chi connectivity index (χ1v) is 8.50. The van der Waals surface area contributed by atoms with E-state index in [0.717, 1.165) is 58.3 Å². The molecule has 1 N–H and O–H groups in total. The van der Waals surface area contributed by atoms with Gasteiger partial charge in [-0.1, -0.05) is 19.8 Å². The zero-order valence-electron chi connectivity index (χ0n) is 13.7. The molecule has 0 aromatic heterocycles. The molecule has 22 heavy (non-hydrogen) atoms. The van der Waals surface area contributed by atoms with Crippen LogP contribution in [0.1, 0.15) is 51.9 Å². The smallest absolute Gasteiger partial charge is 0.242 e. The summed E-state index contributed by atoms with van der Waals surface area (Å²) in [7, 11) is 0. The zero-order chi connectivity index (χ0) is 15.1. The highest BCUT2D eigenvalue weighted by Crippen LogP contribution is 2.14. The van der Waals surface area contributed by atoms with E-state index in [-0.39, 0.29) is 30.8 Å². The minimum absolute atomic E-state index is 0. The summed E-state index contributed by atoms with van der Waals surface area (Å²) in [6.07, 6.45) is 6.90. The highest BCUT2D eigenvalue weighted by atomic mass is 35.5. The first-order valence-electron chi connectivity index (χ1n) is 8.50. The lowest BCUT2D eigenvalue weighted by atomic mass is 10.1. The largest absolute Gasteiger partial charge is 0.337 e. The number of nitrogens with zero attached hydrogens (tertiary/aromatic N) is 2. The van der Waals surface area contributed by atoms with Crippen LogP contribution in [0.25, 0.3) is 0 Å². The molecule has 2 amide bonds. The second-order valence-corrected chi connectivity index (χ2v) is 6.21. The van der Waals surface area contributed by atoms with Crippen molar-refractivity contribution in [1.29, 1.82) is 0 Å². The lowest BCUT2D eigenvalue weighted by Crippen LogP contribution is -2.48. The molecule has 2 aliphatic rings. The molecule has 2 aliphatic heterocycles. The molecule has 0 spiro atoms. The Morgan fingerprint density at radius 2 is 2.09 bits per heavy atom. The van der Waals surface area contributed by atoms with Gasteiger partial charge in [-0.05, 0) is 32.2 Å². The van der Waals surface area contributed by atoms with E-state index in [1.165, 1.54) is 6.42 Å². The average molecular weight is 332 g/mol. The van der Waals surface area contributed by atoms with Gasteiger partial charge >= 0.3 is 0 Å². The van der Waals surface area contributed by atoms with Gasteiger partial charge in [-0.3, -0.25) is 9.59 Å². The van der Waals surface area contributed by atoms with Crippen molar-refractivity contribution < 1.29 is 9.59 Å². The Kier molecular flexibility index (Phi) is 8.79. The molecule has 1 unspecified atom stereocenters. The lowest BCUT2D eigenvalue weighted by Gasteiger charge is -2.32. The minimum Gasteiger partial charge on any atom is -0.337 e. The van der Waals surface area contributed by atoms with Crippen molar-refractivity contribution in [3.63, 3.8) is 0 Å². The second kappa shape index (κ2) is 10.1. The van der Waals surface area contributed by atoms with Crippen LogP contribution < -0.4 is 5.32 Å². The first kappa shape index (κ1) is 19.2. The predicted molar refractivity (Wildman–Crippen MR) is 90.2 cm³/mol. The van der Waals surface area contributed by atoms with Crippen molar-refractivity contribution in [1.82, 2.24) is 15.1 Å². The molecule has 6 heteroatoms. The van der Waals surface area contributed by atoms with Gasteiger partial charge in [0.15, 0.2) is 0 Å². The van der Waals surface area contributed by atoms with Crippen molar-refractivity contribution in [3.05, 3.63) is 0 Å². The number of hydrogen-bond donors (Lipinski definition) is 1. The lowest BCUT2D eigenvalue weighted by molar-refractivity contribution is -0.142. The number of likely N-dealkylation sites (tertiary alicyclic amines) is 1. The number of halogens is 1. The Labute approximate surface area is 140 Å². The number of carbonyl (C=O) groups is 2. The number of amides is 2. The van der Waals surface area contributed by atoms with Gasteiger partial charge in [0.25, 0.3) is 0 Å². The van der Waals surface area contributed by atoms with Crippen LogP contribution in [0.3, 0.4) is 0 Å². The van der Waals surface area contributed by atoms with Gasteiger partial charge in [-0.2, -0.15) is 0 Å². The molecule has 0 bridgehead atoms. The van der Waals surface area contributed by atoms with Crippen molar-refractivity contribution in [2.24, 2.45) is 0 Å². The maximum Gasteiger partial charge on any atom is 0.242 e. The van der Waals surface area contributed by atoms with Crippen molar-refractivity contribution in [3.8, 4) is 0 Å². The molecule has 0 aromatic carbocycles. The van der Waals surface area contributed by atoms with Gasteiger partial charge in [0.05, 0.1) is 6.54 Å². The van der Waals surface area contributed by atoms with Gasteiger partial charge in [0, 0.05) is 32.1 Å². The third kappa shape index (κ3) is 5.43. The van der Waals surface area contributed by atoms with E-state index < -0.39 is 0 Å². The van der Waals surface area contributed by atoms with Crippen LogP contribution in [-0.2, 0) is 9.59 Å². The summed E-state index contributed by atoms with van der Waals surface area (Å²) in [6, 6.07) is 0.308. The van der Waals surface area contributed by atoms with Gasteiger partial charge in [-0.15, -0.1) is 12.4 Å². The molecule has 128 valence electrons. The van der Waals surface area contributed by atoms with Crippen molar-refractivity contribution >= 4 is 24.2 Å². The molecule has 2 heterocycles. The fourth-order valence-corrected chi connectivity index (χ4v) is 3.29. The standard InChI is InChI=1S/C16H29N3O2.ClH/c1-2-10-19(14-8-9-17-12-14)16(21)13-18-11-6-4-3-5-7-15(18)20;/h14,17H,2-13H2,1H3;1H. The summed E-state index contributed by atoms with van der Waals surface area (Å²) in [5.41, 5.74) is 0. The van der Waals surface area contributed by atoms with Crippen molar-refractivity contribution in [2.45, 2.75) is 57.9 Å². The summed E-state index contributed by atoms with van der Waals surface area (Å²) in [5.74, 6) is 0.281. The maximum atomic E-state index is 12.6. The SMILES string of the molecule is CCCN(C(=O)CN1CCCCCCC1=O)C1CCNC1.Cl. The van der Waals surface area contributed by atoms with E-state index in [1.54, 1.807) is 4.90 Å². The number of rotatable bonds is 5. The molecule has 0 radical (unpaired) electrons. The fraction of sp³-hybridized carbons (Fsp3) is 0.875. The van der Waals surface area contributed by atoms with E-state index in [2.05, 4.69) is 12.2 Å². The van der Waals surface area contributed by atoms with Gasteiger partial charge in [0.2, 0.25) is 11.8 Å². The van der Waals surface area contributed by atoms with E-state index >= 15 is 0 Å². The highest BCUT2D eigenvalue weighted by molar-refractivity contribution is 5.85. The van der Waals surface area contributed by atoms with Crippen LogP contribution in [0.5, 0.6) is 0 Å². The molecular formula is C16H30ClN3O2. The molecule has 0 aliphatic carbocycles. The summed E-state index contributed by atoms with van der Waals surface area (Å²) in [4.78, 5) is 28.6. The van der Waals surface area contributed by atoms with Crippen LogP contribution in [-0.4, -0.2) is 60.4 Å². The Morgan fingerprint density at radius 1 is 1.32 bits per heavy atom. The van der Waals surface area contributed by atoms with Gasteiger partial charge < -0.3 is 15.1 Å². The van der Waals surface area contributed by atoms with E-state index in [0.29, 0.717) is 12.5 Å². The maximum absolute atomic E-state index is 12.6. The van der Waals surface area contributed by atoms with Crippen LogP contribution in [0, 0.1) is 0 Å². The van der Waals surface area contributed by atoms with E-state index in [9.17, 15) is 9.59 Å². The van der Waals surface area contributed by atoms with E-state index in [1.807, 2.05) is 4.90 Å². The third-order valence-corrected chi connectivity index (χ3v) is 4.51. The Bertz CT molecular complexity index is 359. The molecule has 0 saturated carbocycles. The Balaban J connectivity index is 0.00000242. The molecule has 2 rings (SSSR count). The summed E-state index contributed by atoms with van der Waals surface area (Å²) >= 11 is 0. The van der Waals surface area contributed by atoms with Crippen LogP contribution in [0.4, 0.5) is 0 Å². The summed E-state index contributed by atoms with van der Waals surface area (Å²) < 4.78 is 0. The van der Waals surface area contributed by atoms with Gasteiger partial charge in [-0.25, -0.2) is 0 Å². The molecule has 1 atom stereocenters. The normalized spacial score (nSPS) is 22.7. The number of hydrogen-bond acceptors (Lipinski definition) is 3. The summed E-state index contributed by atoms with van der Waals surface area (Å²) in [5, 5.41) is 3.32. The van der Waals surface area contributed by atoms with Crippen molar-refractivity contribution in [2.75, 3.05) is 32.7 Å². The summed E-state index contributed by atoms with van der Waals surface area (Å²) in [6.45, 7) is 5.79. The highest BCUT2D eigenvalue weighted by Gasteiger charge is 2.28. The molecule has 2 fully saturated rings. The molecule has 2 saturated heterocycles. The van der Waals surface area contributed by atoms with E-state index in [4.69, 9.17) is 0 Å². The third-order valence-electron chi connectivity index (χ3n) is 4.51. The molecular weight excluding hydrogens is 302 g/mol. The second-order valence-electron chi connectivity index (χ2n) is 6.21. The zero-order valence-corrected chi connectivity index (χ0v) is 14.5. The monoisotopic (exact) mass is 331 g/mol. The van der Waals surface area contributed by atoms with Crippen LogP contribution in [0.15, 0.2) is 0 Å². The Hall–Kier alpha value is -0.810. The topological polar surface area (TPSA) is 52.7 Å². The van der Waals surface area contributed by atoms with Crippen LogP contribution in [0.2, 0.25) is 0 Å². The number of carbonyl (C=O) groups excluding carboxylic acids is 2. The molecule has 5 nitrogen and oxygen atoms in total. The first-order chi connectivity index (χ1) is 10.2.